The molecule has 44 valence electrons. The van der Waals surface area contributed by atoms with Crippen LogP contribution in [0.2, 0.25) is 0 Å². The summed E-state index contributed by atoms with van der Waals surface area (Å²) in [4.78, 5) is 10.2. The first-order chi connectivity index (χ1) is 4.88. The molecule has 0 saturated carbocycles. The van der Waals surface area contributed by atoms with Gasteiger partial charge in [-0.1, -0.05) is 0 Å². The summed E-state index contributed by atoms with van der Waals surface area (Å²) < 4.78 is 20.0. The van der Waals surface area contributed by atoms with E-state index in [2.05, 4.69) is 0 Å². The molecule has 0 heterocycles. The molecule has 4 heteroatoms. The van der Waals surface area contributed by atoms with E-state index in [1.54, 1.807) is 0 Å². The van der Waals surface area contributed by atoms with Crippen LogP contribution in [0.5, 0.6) is 0 Å². The van der Waals surface area contributed by atoms with Crippen molar-refractivity contribution in [2.45, 2.75) is 0 Å². The maximum atomic E-state index is 9.97. The number of hydrogen-bond donors (Lipinski definition) is 1. The van der Waals surface area contributed by atoms with E-state index in [-0.39, 0.29) is 4.90 Å². The monoisotopic (exact) mass is 117 g/mol. The molecule has 0 aliphatic carbocycles. The highest BCUT2D eigenvalue weighted by atomic mass is 16.4. The lowest BCUT2D eigenvalue weighted by atomic mass is 10.6. The fourth-order valence-corrected chi connectivity index (χ4v) is 0.171. The van der Waals surface area contributed by atoms with Gasteiger partial charge in [-0.2, -0.15) is 5.26 Å². The Labute approximate surface area is 51.2 Å². The molecule has 0 aliphatic heterocycles. The highest BCUT2D eigenvalue weighted by Crippen LogP contribution is 1.73. The predicted molar refractivity (Wildman–Crippen MR) is 25.9 cm³/mol. The third-order valence-electron chi connectivity index (χ3n) is 0.414. The minimum atomic E-state index is -2.66. The molecule has 0 rings (SSSR count). The zero-order valence-electron chi connectivity index (χ0n) is 6.96. The summed E-state index contributed by atoms with van der Waals surface area (Å²) in [7, 11) is 0. The number of rotatable bonds is 2. The van der Waals surface area contributed by atoms with E-state index >= 15 is 0 Å². The molecule has 4 nitrogen and oxygen atoms in total. The lowest BCUT2D eigenvalue weighted by Crippen LogP contribution is -2.20. The lowest BCUT2D eigenvalue weighted by molar-refractivity contribution is -0.137. The maximum absolute atomic E-state index is 9.97. The molecule has 0 radical (unpaired) electrons. The Morgan fingerprint density at radius 3 is 3.00 bits per heavy atom. The van der Waals surface area contributed by atoms with Crippen molar-refractivity contribution in [3.8, 4) is 6.19 Å². The minimum absolute atomic E-state index is 0.218. The molecule has 0 aromatic carbocycles. The number of nitrogens with zero attached hydrogens (tertiary/aromatic N) is 2. The Bertz CT molecular complexity index is 194. The van der Waals surface area contributed by atoms with Crippen LogP contribution in [0.1, 0.15) is 4.11 Å². The molecule has 0 bridgehead atoms. The van der Waals surface area contributed by atoms with Gasteiger partial charge in [0.05, 0.1) is 0 Å². The van der Waals surface area contributed by atoms with Gasteiger partial charge in [-0.3, -0.25) is 4.79 Å². The van der Waals surface area contributed by atoms with E-state index in [1.807, 2.05) is 0 Å². The van der Waals surface area contributed by atoms with Crippen LogP contribution >= 0.6 is 0 Å². The Kier molecular flexibility index (Phi) is 1.04. The minimum Gasteiger partial charge on any atom is -0.480 e. The van der Waals surface area contributed by atoms with E-state index < -0.39 is 19.5 Å². The first-order valence-electron chi connectivity index (χ1n) is 3.27. The molecule has 0 fully saturated rings. The van der Waals surface area contributed by atoms with Crippen molar-refractivity contribution in [2.75, 3.05) is 13.5 Å². The fourth-order valence-electron chi connectivity index (χ4n) is 0.171. The van der Waals surface area contributed by atoms with Crippen LogP contribution in [-0.2, 0) is 4.79 Å². The summed E-state index contributed by atoms with van der Waals surface area (Å²) in [5.74, 6) is -1.34. The number of nitriles is 1. The molecule has 0 aromatic rings. The van der Waals surface area contributed by atoms with Gasteiger partial charge in [0.15, 0.2) is 6.19 Å². The second kappa shape index (κ2) is 2.86. The highest BCUT2D eigenvalue weighted by Gasteiger charge is 1.98. The Morgan fingerprint density at radius 1 is 2.25 bits per heavy atom. The van der Waals surface area contributed by atoms with Gasteiger partial charge in [0, 0.05) is 11.1 Å². The van der Waals surface area contributed by atoms with Gasteiger partial charge < -0.3 is 10.0 Å². The van der Waals surface area contributed by atoms with Crippen molar-refractivity contribution < 1.29 is 14.0 Å². The second-order valence-electron chi connectivity index (χ2n) is 1.08. The molecule has 0 unspecified atom stereocenters. The van der Waals surface area contributed by atoms with Gasteiger partial charge >= 0.3 is 5.97 Å². The zero-order valence-corrected chi connectivity index (χ0v) is 3.96. The van der Waals surface area contributed by atoms with Gasteiger partial charge in [-0.05, 0) is 0 Å². The molecule has 0 amide bonds. The van der Waals surface area contributed by atoms with Crippen molar-refractivity contribution in [3.05, 3.63) is 0 Å². The van der Waals surface area contributed by atoms with E-state index in [0.717, 1.165) is 0 Å². The number of hydrogen-bond acceptors (Lipinski definition) is 3. The first kappa shape index (κ1) is 2.92. The Balaban J connectivity index is 4.22. The Hall–Kier alpha value is -1.24. The number of aliphatic carboxylic acids is 1. The van der Waals surface area contributed by atoms with E-state index in [4.69, 9.17) is 14.5 Å². The van der Waals surface area contributed by atoms with Gasteiger partial charge in [0.1, 0.15) is 6.54 Å². The Morgan fingerprint density at radius 2 is 2.88 bits per heavy atom. The van der Waals surface area contributed by atoms with Gasteiger partial charge in [0.2, 0.25) is 0 Å². The van der Waals surface area contributed by atoms with E-state index in [9.17, 15) is 4.79 Å². The standard InChI is InChI=1S/C4H6N2O2/c1-6(3-5)2-4(7)8/h2H2,1H3,(H,7,8)/i1D3. The van der Waals surface area contributed by atoms with Crippen molar-refractivity contribution in [1.29, 1.82) is 5.26 Å². The van der Waals surface area contributed by atoms with Crippen molar-refractivity contribution in [2.24, 2.45) is 0 Å². The van der Waals surface area contributed by atoms with Gasteiger partial charge in [-0.25, -0.2) is 0 Å². The summed E-state index contributed by atoms with van der Waals surface area (Å²) >= 11 is 0. The smallest absolute Gasteiger partial charge is 0.323 e. The van der Waals surface area contributed by atoms with E-state index in [0.29, 0.717) is 0 Å². The topological polar surface area (TPSA) is 64.3 Å². The molecular formula is C4H6N2O2. The quantitative estimate of drug-likeness (QED) is 0.390. The summed E-state index contributed by atoms with van der Waals surface area (Å²) in [5, 5.41) is 16.3. The van der Waals surface area contributed by atoms with Crippen LogP contribution in [0, 0.1) is 11.5 Å². The van der Waals surface area contributed by atoms with Crippen LogP contribution in [0.15, 0.2) is 0 Å². The normalized spacial score (nSPS) is 14.6. The number of likely N-dealkylation sites (N-methyl/N-ethyl adjacent to an activating group) is 1. The molecular weight excluding hydrogens is 108 g/mol. The predicted octanol–water partition coefficient (Wildman–Crippen LogP) is -0.516. The maximum Gasteiger partial charge on any atom is 0.323 e. The average molecular weight is 117 g/mol. The molecule has 0 atom stereocenters. The van der Waals surface area contributed by atoms with Crippen molar-refractivity contribution in [1.82, 2.24) is 4.90 Å². The largest absolute Gasteiger partial charge is 0.480 e. The zero-order chi connectivity index (χ0) is 9.07. The van der Waals surface area contributed by atoms with E-state index in [1.165, 1.54) is 6.19 Å². The van der Waals surface area contributed by atoms with Crippen LogP contribution in [0.3, 0.4) is 0 Å². The van der Waals surface area contributed by atoms with Crippen molar-refractivity contribution in [3.63, 3.8) is 0 Å². The molecule has 8 heavy (non-hydrogen) atoms. The lowest BCUT2D eigenvalue weighted by Gasteiger charge is -2.00. The molecule has 0 spiro atoms. The fraction of sp³-hybridized carbons (Fsp3) is 0.500. The van der Waals surface area contributed by atoms with Gasteiger partial charge in [-0.15, -0.1) is 0 Å². The summed E-state index contributed by atoms with van der Waals surface area (Å²) in [6.45, 7) is -3.46. The number of carboxylic acids is 1. The van der Waals surface area contributed by atoms with Gasteiger partial charge in [0.25, 0.3) is 0 Å². The average Bonchev–Trinajstić information content (AvgIpc) is 1.79. The van der Waals surface area contributed by atoms with Crippen LogP contribution < -0.4 is 0 Å². The molecule has 0 aromatic heterocycles. The highest BCUT2D eigenvalue weighted by molar-refractivity contribution is 5.69. The molecule has 0 aliphatic rings. The molecule has 0 saturated heterocycles. The number of carboxylic acid groups (broad SMARTS) is 1. The van der Waals surface area contributed by atoms with Crippen LogP contribution in [-0.4, -0.2) is 29.5 Å². The second-order valence-corrected chi connectivity index (χ2v) is 1.08. The summed E-state index contributed by atoms with van der Waals surface area (Å²) in [6, 6.07) is 0. The van der Waals surface area contributed by atoms with Crippen LogP contribution in [0.25, 0.3) is 0 Å². The van der Waals surface area contributed by atoms with Crippen molar-refractivity contribution >= 4 is 5.97 Å². The third-order valence-corrected chi connectivity index (χ3v) is 0.414. The summed E-state index contributed by atoms with van der Waals surface area (Å²) in [6.07, 6.45) is 1.26. The third kappa shape index (κ3) is 2.97. The SMILES string of the molecule is [2H]C([2H])([2H])N(C#N)CC(=O)O. The molecule has 1 N–H and O–H groups in total. The summed E-state index contributed by atoms with van der Waals surface area (Å²) in [5.41, 5.74) is 0. The van der Waals surface area contributed by atoms with Crippen LogP contribution in [0.4, 0.5) is 0 Å². The number of carbonyl (C=O) groups is 1. The first-order valence-corrected chi connectivity index (χ1v) is 1.77.